The number of nitrogens with one attached hydrogen (secondary N) is 1. The number of fused-ring (bicyclic) bond motifs is 1. The zero-order chi connectivity index (χ0) is 22.2. The van der Waals surface area contributed by atoms with Gasteiger partial charge in [-0.1, -0.05) is 43.0 Å². The summed E-state index contributed by atoms with van der Waals surface area (Å²) in [4.78, 5) is 13.1. The van der Waals surface area contributed by atoms with Crippen molar-refractivity contribution in [1.82, 2.24) is 15.1 Å². The Bertz CT molecular complexity index is 1130. The minimum Gasteiger partial charge on any atom is -0.361 e. The van der Waals surface area contributed by atoms with E-state index in [-0.39, 0.29) is 19.0 Å². The van der Waals surface area contributed by atoms with E-state index in [1.807, 2.05) is 0 Å². The lowest BCUT2D eigenvalue weighted by molar-refractivity contribution is -0.137. The van der Waals surface area contributed by atoms with Crippen molar-refractivity contribution in [3.63, 3.8) is 0 Å². The van der Waals surface area contributed by atoms with Crippen molar-refractivity contribution in [2.75, 3.05) is 18.4 Å². The molecule has 0 bridgehead atoms. The molecule has 1 aromatic heterocycles. The number of benzene rings is 2. The van der Waals surface area contributed by atoms with E-state index in [1.165, 1.54) is 17.0 Å². The lowest BCUT2D eigenvalue weighted by Crippen LogP contribution is -2.31. The predicted molar refractivity (Wildman–Crippen MR) is 109 cm³/mol. The van der Waals surface area contributed by atoms with Crippen molar-refractivity contribution in [3.05, 3.63) is 66.7 Å². The molecule has 2 atom stereocenters. The van der Waals surface area contributed by atoms with Crippen LogP contribution in [0.5, 0.6) is 0 Å². The summed E-state index contributed by atoms with van der Waals surface area (Å²) in [5.74, 6) is -0.00708. The molecule has 1 aliphatic rings. The highest BCUT2D eigenvalue weighted by molar-refractivity contribution is 6.00. The van der Waals surface area contributed by atoms with Gasteiger partial charge in [0.25, 0.3) is 0 Å². The van der Waals surface area contributed by atoms with Gasteiger partial charge < -0.3 is 10.2 Å². The smallest absolute Gasteiger partial charge is 0.361 e. The third-order valence-corrected chi connectivity index (χ3v) is 5.23. The van der Waals surface area contributed by atoms with Crippen LogP contribution >= 0.6 is 0 Å². The summed E-state index contributed by atoms with van der Waals surface area (Å²) in [5.41, 5.74) is 0.150. The second-order valence-electron chi connectivity index (χ2n) is 7.23. The van der Waals surface area contributed by atoms with Crippen molar-refractivity contribution in [2.24, 2.45) is 0 Å². The number of aromatic nitrogens is 2. The Kier molecular flexibility index (Phi) is 5.34. The van der Waals surface area contributed by atoms with Gasteiger partial charge in [0.05, 0.1) is 18.2 Å². The molecule has 0 unspecified atom stereocenters. The fourth-order valence-corrected chi connectivity index (χ4v) is 3.63. The molecule has 0 aliphatic carbocycles. The average Bonchev–Trinajstić information content (AvgIpc) is 3.13. The Morgan fingerprint density at radius 1 is 1.06 bits per heavy atom. The monoisotopic (exact) mass is 430 g/mol. The Morgan fingerprint density at radius 3 is 2.39 bits per heavy atom. The number of carbonyl (C=O) groups is 1. The summed E-state index contributed by atoms with van der Waals surface area (Å²) in [6.07, 6.45) is -4.58. The number of hydrogen-bond donors (Lipinski definition) is 1. The maximum atomic E-state index is 14.5. The van der Waals surface area contributed by atoms with Crippen molar-refractivity contribution < 1.29 is 22.4 Å². The van der Waals surface area contributed by atoms with Gasteiger partial charge in [-0.05, 0) is 18.2 Å². The molecule has 0 spiro atoms. The maximum Gasteiger partial charge on any atom is 0.416 e. The van der Waals surface area contributed by atoms with Gasteiger partial charge in [-0.25, -0.2) is 4.39 Å². The van der Waals surface area contributed by atoms with Crippen LogP contribution in [0.2, 0.25) is 0 Å². The maximum absolute atomic E-state index is 14.5. The number of alkyl halides is 4. The first-order valence-electron chi connectivity index (χ1n) is 9.53. The Labute approximate surface area is 175 Å². The van der Waals surface area contributed by atoms with E-state index in [0.717, 1.165) is 18.2 Å². The van der Waals surface area contributed by atoms with E-state index in [2.05, 4.69) is 22.1 Å². The average molecular weight is 430 g/mol. The van der Waals surface area contributed by atoms with Gasteiger partial charge in [0.15, 0.2) is 5.82 Å². The van der Waals surface area contributed by atoms with E-state index in [0.29, 0.717) is 27.8 Å². The topological polar surface area (TPSA) is 58.1 Å². The fraction of sp³-hybridized carbons (Fsp3) is 0.227. The first-order chi connectivity index (χ1) is 14.8. The third-order valence-electron chi connectivity index (χ3n) is 5.23. The largest absolute Gasteiger partial charge is 0.416 e. The second kappa shape index (κ2) is 7.98. The van der Waals surface area contributed by atoms with Gasteiger partial charge in [-0.15, -0.1) is 10.2 Å². The molecule has 1 N–H and O–H groups in total. The summed E-state index contributed by atoms with van der Waals surface area (Å²) >= 11 is 0. The second-order valence-corrected chi connectivity index (χ2v) is 7.23. The van der Waals surface area contributed by atoms with Crippen LogP contribution < -0.4 is 5.32 Å². The summed E-state index contributed by atoms with van der Waals surface area (Å²) in [5, 5.41) is 12.7. The SMILES string of the molecule is C=CC(=O)N1C[C@H](F)[C@H](Nc2nnc(-c3ccc(C(F)(F)F)cc3)c3ccccc23)C1. The molecule has 1 aliphatic heterocycles. The molecule has 0 radical (unpaired) electrons. The zero-order valence-corrected chi connectivity index (χ0v) is 16.2. The summed E-state index contributed by atoms with van der Waals surface area (Å²) in [7, 11) is 0. The lowest BCUT2D eigenvalue weighted by atomic mass is 10.0. The molecule has 5 nitrogen and oxygen atoms in total. The van der Waals surface area contributed by atoms with E-state index in [9.17, 15) is 22.4 Å². The number of rotatable bonds is 4. The number of carbonyl (C=O) groups excluding carboxylic acids is 1. The van der Waals surface area contributed by atoms with Crippen LogP contribution in [-0.2, 0) is 11.0 Å². The highest BCUT2D eigenvalue weighted by atomic mass is 19.4. The van der Waals surface area contributed by atoms with Crippen LogP contribution in [0, 0.1) is 0 Å². The lowest BCUT2D eigenvalue weighted by Gasteiger charge is -2.17. The van der Waals surface area contributed by atoms with Gasteiger partial charge in [0.1, 0.15) is 11.9 Å². The number of amides is 1. The van der Waals surface area contributed by atoms with Gasteiger partial charge in [-0.3, -0.25) is 4.79 Å². The van der Waals surface area contributed by atoms with Gasteiger partial charge in [-0.2, -0.15) is 13.2 Å². The number of likely N-dealkylation sites (tertiary alicyclic amines) is 1. The quantitative estimate of drug-likeness (QED) is 0.491. The molecule has 1 amide bonds. The van der Waals surface area contributed by atoms with E-state index < -0.39 is 24.0 Å². The normalized spacial score (nSPS) is 18.9. The van der Waals surface area contributed by atoms with Crippen LogP contribution in [0.4, 0.5) is 23.4 Å². The van der Waals surface area contributed by atoms with Crippen LogP contribution in [0.3, 0.4) is 0 Å². The van der Waals surface area contributed by atoms with Crippen LogP contribution in [0.15, 0.2) is 61.2 Å². The number of nitrogens with zero attached hydrogens (tertiary/aromatic N) is 3. The molecule has 1 saturated heterocycles. The van der Waals surface area contributed by atoms with Gasteiger partial charge in [0.2, 0.25) is 5.91 Å². The minimum absolute atomic E-state index is 0.0441. The van der Waals surface area contributed by atoms with Gasteiger partial charge in [0, 0.05) is 22.9 Å². The first-order valence-corrected chi connectivity index (χ1v) is 9.53. The number of halogens is 4. The first kappa shape index (κ1) is 20.8. The molecule has 160 valence electrons. The van der Waals surface area contributed by atoms with E-state index in [1.54, 1.807) is 24.3 Å². The zero-order valence-electron chi connectivity index (χ0n) is 16.2. The van der Waals surface area contributed by atoms with Crippen LogP contribution in [0.1, 0.15) is 5.56 Å². The molecule has 1 fully saturated rings. The third kappa shape index (κ3) is 4.08. The molecule has 2 aromatic carbocycles. The molecule has 2 heterocycles. The highest BCUT2D eigenvalue weighted by Crippen LogP contribution is 2.34. The Balaban J connectivity index is 1.66. The minimum atomic E-state index is -4.43. The molecule has 0 saturated carbocycles. The summed E-state index contributed by atoms with van der Waals surface area (Å²) in [6, 6.07) is 11.1. The van der Waals surface area contributed by atoms with Crippen molar-refractivity contribution >= 4 is 22.5 Å². The van der Waals surface area contributed by atoms with E-state index >= 15 is 0 Å². The number of hydrogen-bond acceptors (Lipinski definition) is 4. The Hall–Kier alpha value is -3.49. The molecule has 9 heteroatoms. The summed E-state index contributed by atoms with van der Waals surface area (Å²) < 4.78 is 53.0. The van der Waals surface area contributed by atoms with Crippen molar-refractivity contribution in [2.45, 2.75) is 18.4 Å². The van der Waals surface area contributed by atoms with Crippen LogP contribution in [-0.4, -0.2) is 46.3 Å². The molecule has 31 heavy (non-hydrogen) atoms. The molecular weight excluding hydrogens is 412 g/mol. The van der Waals surface area contributed by atoms with Crippen LogP contribution in [0.25, 0.3) is 22.0 Å². The number of anilines is 1. The van der Waals surface area contributed by atoms with Crippen molar-refractivity contribution in [1.29, 1.82) is 0 Å². The fourth-order valence-electron chi connectivity index (χ4n) is 3.63. The van der Waals surface area contributed by atoms with Crippen molar-refractivity contribution in [3.8, 4) is 11.3 Å². The molecule has 4 rings (SSSR count). The highest BCUT2D eigenvalue weighted by Gasteiger charge is 2.35. The van der Waals surface area contributed by atoms with E-state index in [4.69, 9.17) is 0 Å². The Morgan fingerprint density at radius 2 is 1.74 bits per heavy atom. The summed E-state index contributed by atoms with van der Waals surface area (Å²) in [6.45, 7) is 3.53. The standard InChI is InChI=1S/C22H18F4N4O/c1-2-19(31)30-11-17(23)18(12-30)27-21-16-6-4-3-5-15(16)20(28-29-21)13-7-9-14(10-8-13)22(24,25)26/h2-10,17-18H,1,11-12H2,(H,27,29)/t17-,18+/m0/s1. The predicted octanol–water partition coefficient (Wildman–Crippen LogP) is 4.46. The van der Waals surface area contributed by atoms with Gasteiger partial charge >= 0.3 is 6.18 Å². The molecular formula is C22H18F4N4O. The molecule has 3 aromatic rings.